The van der Waals surface area contributed by atoms with E-state index in [1.54, 1.807) is 42.5 Å². The normalized spacial score (nSPS) is 16.6. The average molecular weight is 516 g/mol. The Morgan fingerprint density at radius 2 is 1.68 bits per heavy atom. The predicted molar refractivity (Wildman–Crippen MR) is 147 cm³/mol. The molecule has 1 saturated heterocycles. The Morgan fingerprint density at radius 1 is 0.921 bits per heavy atom. The number of Topliss-reactive ketones (excluding diaryl/α,β-unsaturated/α-hetero) is 1. The van der Waals surface area contributed by atoms with E-state index in [1.807, 2.05) is 45.9 Å². The summed E-state index contributed by atoms with van der Waals surface area (Å²) in [5.41, 5.74) is 3.34. The van der Waals surface area contributed by atoms with Crippen LogP contribution in [0.2, 0.25) is 0 Å². The molecule has 3 aromatic carbocycles. The van der Waals surface area contributed by atoms with Crippen molar-refractivity contribution in [3.8, 4) is 17.2 Å². The van der Waals surface area contributed by atoms with E-state index in [0.717, 1.165) is 17.5 Å². The Kier molecular flexibility index (Phi) is 8.05. The van der Waals surface area contributed by atoms with Crippen LogP contribution in [0.15, 0.2) is 66.2 Å². The third-order valence-corrected chi connectivity index (χ3v) is 6.44. The SMILES string of the molecule is CCCOc1ccc(/C(O)=C2/C(=O)C(=O)N(c3cccc(C)c3)C2c2ccc(OCC)c(OC)c2)cc1C. The molecule has 38 heavy (non-hydrogen) atoms. The van der Waals surface area contributed by atoms with Gasteiger partial charge in [-0.3, -0.25) is 14.5 Å². The van der Waals surface area contributed by atoms with Crippen molar-refractivity contribution in [1.82, 2.24) is 0 Å². The van der Waals surface area contributed by atoms with Crippen LogP contribution < -0.4 is 19.1 Å². The fourth-order valence-electron chi connectivity index (χ4n) is 4.65. The first-order valence-electron chi connectivity index (χ1n) is 12.7. The summed E-state index contributed by atoms with van der Waals surface area (Å²) in [5, 5.41) is 11.5. The van der Waals surface area contributed by atoms with E-state index in [1.165, 1.54) is 12.0 Å². The Morgan fingerprint density at radius 3 is 2.34 bits per heavy atom. The molecule has 0 saturated carbocycles. The number of aryl methyl sites for hydroxylation is 2. The molecular formula is C31H33NO6. The number of nitrogens with zero attached hydrogens (tertiary/aromatic N) is 1. The van der Waals surface area contributed by atoms with E-state index in [-0.39, 0.29) is 11.3 Å². The Balaban J connectivity index is 1.91. The molecule has 1 unspecified atom stereocenters. The number of hydrogen-bond donors (Lipinski definition) is 1. The quantitative estimate of drug-likeness (QED) is 0.210. The van der Waals surface area contributed by atoms with Gasteiger partial charge in [0, 0.05) is 11.3 Å². The maximum absolute atomic E-state index is 13.5. The van der Waals surface area contributed by atoms with Gasteiger partial charge in [0.1, 0.15) is 11.5 Å². The molecule has 1 amide bonds. The minimum atomic E-state index is -0.877. The van der Waals surface area contributed by atoms with Crippen molar-refractivity contribution in [2.24, 2.45) is 0 Å². The van der Waals surface area contributed by atoms with Gasteiger partial charge in [-0.05, 0) is 86.3 Å². The monoisotopic (exact) mass is 515 g/mol. The molecule has 0 aliphatic carbocycles. The number of amides is 1. The van der Waals surface area contributed by atoms with Crippen molar-refractivity contribution in [2.45, 2.75) is 40.2 Å². The number of carbonyl (C=O) groups is 2. The number of aliphatic hydroxyl groups is 1. The number of benzene rings is 3. The summed E-state index contributed by atoms with van der Waals surface area (Å²) < 4.78 is 17.0. The van der Waals surface area contributed by atoms with E-state index in [0.29, 0.717) is 47.3 Å². The van der Waals surface area contributed by atoms with Crippen LogP contribution in [0.25, 0.3) is 5.76 Å². The average Bonchev–Trinajstić information content (AvgIpc) is 3.18. The highest BCUT2D eigenvalue weighted by atomic mass is 16.5. The molecule has 1 aliphatic heterocycles. The molecule has 7 nitrogen and oxygen atoms in total. The minimum Gasteiger partial charge on any atom is -0.507 e. The molecule has 1 atom stereocenters. The molecule has 0 radical (unpaired) electrons. The van der Waals surface area contributed by atoms with Gasteiger partial charge in [-0.15, -0.1) is 0 Å². The van der Waals surface area contributed by atoms with Gasteiger partial charge in [0.25, 0.3) is 11.7 Å². The van der Waals surface area contributed by atoms with Crippen molar-refractivity contribution < 1.29 is 28.9 Å². The van der Waals surface area contributed by atoms with Crippen LogP contribution >= 0.6 is 0 Å². The predicted octanol–water partition coefficient (Wildman–Crippen LogP) is 6.13. The fourth-order valence-corrected chi connectivity index (χ4v) is 4.65. The second kappa shape index (κ2) is 11.4. The van der Waals surface area contributed by atoms with Gasteiger partial charge >= 0.3 is 0 Å². The van der Waals surface area contributed by atoms with E-state index >= 15 is 0 Å². The van der Waals surface area contributed by atoms with Crippen LogP contribution in [0.1, 0.15) is 48.6 Å². The lowest BCUT2D eigenvalue weighted by Gasteiger charge is -2.26. The van der Waals surface area contributed by atoms with E-state index in [9.17, 15) is 14.7 Å². The van der Waals surface area contributed by atoms with Gasteiger partial charge < -0.3 is 19.3 Å². The highest BCUT2D eigenvalue weighted by Gasteiger charge is 2.47. The molecule has 0 bridgehead atoms. The maximum atomic E-state index is 13.5. The summed E-state index contributed by atoms with van der Waals surface area (Å²) in [4.78, 5) is 28.4. The molecule has 3 aromatic rings. The number of hydrogen-bond acceptors (Lipinski definition) is 6. The van der Waals surface area contributed by atoms with Crippen LogP contribution in [0.3, 0.4) is 0 Å². The molecule has 1 aliphatic rings. The lowest BCUT2D eigenvalue weighted by molar-refractivity contribution is -0.132. The van der Waals surface area contributed by atoms with Crippen molar-refractivity contribution in [2.75, 3.05) is 25.2 Å². The fraction of sp³-hybridized carbons (Fsp3) is 0.290. The number of rotatable bonds is 9. The first kappa shape index (κ1) is 26.8. The molecule has 0 aromatic heterocycles. The third-order valence-electron chi connectivity index (χ3n) is 6.44. The summed E-state index contributed by atoms with van der Waals surface area (Å²) in [7, 11) is 1.53. The van der Waals surface area contributed by atoms with Crippen molar-refractivity contribution in [3.05, 3.63) is 88.5 Å². The van der Waals surface area contributed by atoms with E-state index in [4.69, 9.17) is 14.2 Å². The van der Waals surface area contributed by atoms with Crippen LogP contribution in [0.5, 0.6) is 17.2 Å². The van der Waals surface area contributed by atoms with Gasteiger partial charge in [0.05, 0.1) is 31.9 Å². The highest BCUT2D eigenvalue weighted by molar-refractivity contribution is 6.51. The lowest BCUT2D eigenvalue weighted by Crippen LogP contribution is -2.29. The number of ether oxygens (including phenoxy) is 3. The number of ketones is 1. The van der Waals surface area contributed by atoms with Crippen molar-refractivity contribution in [3.63, 3.8) is 0 Å². The van der Waals surface area contributed by atoms with Crippen LogP contribution in [-0.2, 0) is 9.59 Å². The third kappa shape index (κ3) is 5.09. The smallest absolute Gasteiger partial charge is 0.300 e. The van der Waals surface area contributed by atoms with Crippen molar-refractivity contribution >= 4 is 23.1 Å². The lowest BCUT2D eigenvalue weighted by atomic mass is 9.94. The van der Waals surface area contributed by atoms with Gasteiger partial charge in [0.2, 0.25) is 0 Å². The van der Waals surface area contributed by atoms with Gasteiger partial charge in [-0.2, -0.15) is 0 Å². The minimum absolute atomic E-state index is 0.00402. The number of carbonyl (C=O) groups excluding carboxylic acids is 2. The number of anilines is 1. The Labute approximate surface area is 223 Å². The highest BCUT2D eigenvalue weighted by Crippen LogP contribution is 2.44. The zero-order valence-corrected chi connectivity index (χ0v) is 22.4. The Bertz CT molecular complexity index is 1390. The van der Waals surface area contributed by atoms with Crippen LogP contribution in [-0.4, -0.2) is 37.1 Å². The molecule has 198 valence electrons. The van der Waals surface area contributed by atoms with Crippen LogP contribution in [0, 0.1) is 13.8 Å². The van der Waals surface area contributed by atoms with Gasteiger partial charge in [-0.25, -0.2) is 0 Å². The summed E-state index contributed by atoms with van der Waals surface area (Å²) in [6.07, 6.45) is 0.870. The molecule has 0 spiro atoms. The summed E-state index contributed by atoms with van der Waals surface area (Å²) >= 11 is 0. The van der Waals surface area contributed by atoms with Crippen molar-refractivity contribution in [1.29, 1.82) is 0 Å². The first-order chi connectivity index (χ1) is 18.3. The Hall–Kier alpha value is -4.26. The second-order valence-electron chi connectivity index (χ2n) is 9.18. The summed E-state index contributed by atoms with van der Waals surface area (Å²) in [6.45, 7) is 8.73. The zero-order chi connectivity index (χ0) is 27.4. The largest absolute Gasteiger partial charge is 0.507 e. The van der Waals surface area contributed by atoms with Crippen LogP contribution in [0.4, 0.5) is 5.69 Å². The van der Waals surface area contributed by atoms with Gasteiger partial charge in [0.15, 0.2) is 11.5 Å². The molecule has 1 heterocycles. The second-order valence-corrected chi connectivity index (χ2v) is 9.18. The molecule has 7 heteroatoms. The molecule has 1 fully saturated rings. The van der Waals surface area contributed by atoms with Gasteiger partial charge in [-0.1, -0.05) is 25.1 Å². The maximum Gasteiger partial charge on any atom is 0.300 e. The summed E-state index contributed by atoms with van der Waals surface area (Å²) in [6, 6.07) is 17.0. The molecule has 1 N–H and O–H groups in total. The summed E-state index contributed by atoms with van der Waals surface area (Å²) in [5.74, 6) is -0.00430. The van der Waals surface area contributed by atoms with E-state index < -0.39 is 17.7 Å². The topological polar surface area (TPSA) is 85.3 Å². The number of aliphatic hydroxyl groups excluding tert-OH is 1. The molecule has 4 rings (SSSR count). The molecular weight excluding hydrogens is 482 g/mol. The number of methoxy groups -OCH3 is 1. The first-order valence-corrected chi connectivity index (χ1v) is 12.7. The standard InChI is InChI=1S/C31H33NO6/c1-6-15-38-24-13-12-22(17-20(24)4)29(33)27-28(21-11-14-25(37-7-2)26(18-21)36-5)32(31(35)30(27)34)23-10-8-9-19(3)16-23/h8-14,16-18,28,33H,6-7,15H2,1-5H3/b29-27-. The zero-order valence-electron chi connectivity index (χ0n) is 22.4. The van der Waals surface area contributed by atoms with E-state index in [2.05, 4.69) is 0 Å².